The van der Waals surface area contributed by atoms with Crippen LogP contribution in [0.5, 0.6) is 0 Å². The van der Waals surface area contributed by atoms with Crippen molar-refractivity contribution in [2.75, 3.05) is 80.9 Å². The Morgan fingerprint density at radius 1 is 0.538 bits per heavy atom. The number of ether oxygens (including phenoxy) is 10. The molecule has 0 aromatic carbocycles. The number of hydrogen-bond acceptors (Lipinski definition) is 41. The van der Waals surface area contributed by atoms with Gasteiger partial charge in [0.25, 0.3) is 23.4 Å². The summed E-state index contributed by atoms with van der Waals surface area (Å²) >= 11 is 0. The molecule has 690 valence electrons. The number of rotatable bonds is 36. The Hall–Kier alpha value is -6.59. The van der Waals surface area contributed by atoms with Crippen LogP contribution in [0.4, 0.5) is 0 Å². The topological polar surface area (TPSA) is 724 Å². The molecule has 5 rings (SSSR count). The molecule has 5 saturated heterocycles. The summed E-state index contributed by atoms with van der Waals surface area (Å²) in [7, 11) is 5.77. The first-order chi connectivity index (χ1) is 54.9. The van der Waals surface area contributed by atoms with Crippen molar-refractivity contribution < 1.29 is 182 Å². The minimum atomic E-state index is -2.76. The van der Waals surface area contributed by atoms with E-state index in [4.69, 9.17) is 64.6 Å². The Bertz CT molecular complexity index is 3220. The van der Waals surface area contributed by atoms with Crippen molar-refractivity contribution in [3.05, 3.63) is 0 Å². The molecule has 28 atom stereocenters. The Morgan fingerprint density at radius 2 is 0.966 bits per heavy atom. The number of aliphatic hydroxyl groups is 16. The van der Waals surface area contributed by atoms with Gasteiger partial charge in [-0.1, -0.05) is 34.6 Å². The largest absolute Gasteiger partial charge is 0.463 e. The summed E-state index contributed by atoms with van der Waals surface area (Å²) in [6, 6.07) is -4.32. The molecule has 119 heavy (non-hydrogen) atoms. The second kappa shape index (κ2) is 49.6. The van der Waals surface area contributed by atoms with Gasteiger partial charge >= 0.3 is 35.8 Å². The molecule has 0 aliphatic carbocycles. The Labute approximate surface area is 689 Å². The molecule has 5 fully saturated rings. The van der Waals surface area contributed by atoms with Crippen LogP contribution in [-0.4, -0.2) is 389 Å². The van der Waals surface area contributed by atoms with Gasteiger partial charge in [0.1, 0.15) is 99.2 Å². The van der Waals surface area contributed by atoms with Crippen LogP contribution in [0.2, 0.25) is 0 Å². The third-order valence-corrected chi connectivity index (χ3v) is 20.1. The minimum absolute atomic E-state index is 0.0215. The fourth-order valence-corrected chi connectivity index (χ4v) is 12.8. The molecule has 0 radical (unpaired) electrons. The smallest absolute Gasteiger partial charge is 0.367 e. The van der Waals surface area contributed by atoms with E-state index in [0.29, 0.717) is 32.4 Å². The number of hydrogen-bond donors (Lipinski definition) is 22. The van der Waals surface area contributed by atoms with Crippen molar-refractivity contribution in [1.29, 1.82) is 0 Å². The van der Waals surface area contributed by atoms with Crippen molar-refractivity contribution in [3.63, 3.8) is 0 Å². The lowest BCUT2D eigenvalue weighted by molar-refractivity contribution is -0.306. The number of likely N-dealkylation sites (N-methyl/N-ethyl adjacent to an activating group) is 2. The normalized spacial score (nSPS) is 30.8. The van der Waals surface area contributed by atoms with Gasteiger partial charge < -0.3 is 177 Å². The number of nitrogens with zero attached hydrogens (tertiary/aromatic N) is 2. The lowest BCUT2D eigenvalue weighted by atomic mass is 9.80. The SMILES string of the molecule is CC(=O)CC1C(O)CC(O)(C(=O)OCC(=O)N(C)C)OC1C(O)C(O)COC(=O)C(C)C(C)C.CC(=O)N[C@H]1[C@H]([C@H](O)[C@H](O)COC(=O)[C@H](N)CCCN)O[C@@](C)(O)C[C@@H]1O.CC(=O)N[C@H]1[C@H]([C@H](O)[C@H](O)COC(=O)[C@H]2CCCN2)O[C@@](C)(O)C[C@@H]1O.CC(C)[C@H](N)C(=O)OC[C@@H](O)CC1OC(O)(C(=O)OCC(=O)N(C)C)CC(O)C1[C@@H](C)O. The van der Waals surface area contributed by atoms with Crippen molar-refractivity contribution in [1.82, 2.24) is 25.8 Å². The highest BCUT2D eigenvalue weighted by Gasteiger charge is 2.57. The predicted octanol–water partition coefficient (Wildman–Crippen LogP) is -9.61. The van der Waals surface area contributed by atoms with Gasteiger partial charge in [-0.2, -0.15) is 0 Å². The summed E-state index contributed by atoms with van der Waals surface area (Å²) in [6.45, 7) is 14.0. The minimum Gasteiger partial charge on any atom is -0.463 e. The molecular formula is C74H132N8O37. The van der Waals surface area contributed by atoms with Crippen molar-refractivity contribution in [2.24, 2.45) is 46.8 Å². The summed E-state index contributed by atoms with van der Waals surface area (Å²) in [4.78, 5) is 132. The average molecular weight is 1730 g/mol. The molecule has 4 amide bonds. The maximum atomic E-state index is 12.5. The zero-order valence-electron chi connectivity index (χ0n) is 70.1. The monoisotopic (exact) mass is 1720 g/mol. The zero-order valence-corrected chi connectivity index (χ0v) is 70.1. The van der Waals surface area contributed by atoms with Crippen LogP contribution in [0.25, 0.3) is 0 Å². The van der Waals surface area contributed by atoms with Gasteiger partial charge in [-0.05, 0) is 78.3 Å². The summed E-state index contributed by atoms with van der Waals surface area (Å²) in [5.74, 6) is -19.3. The Balaban J connectivity index is 0.000000541. The van der Waals surface area contributed by atoms with E-state index in [1.807, 2.05) is 13.8 Å². The molecule has 45 heteroatoms. The number of ketones is 1. The standard InChI is InChI=1S/C22H37NO11.C20H36N2O10.C16H31N3O8.C16H28N2O8/c1-11(2)13(4)20(29)32-9-16(26)18(28)19-14(7-12(3)24)15(25)8-22(31,34-19)21(30)33-10-17(27)23(5)6;1-10(2)17(21)18(27)30-8-12(24)6-14-16(11(3)23)13(25)7-20(29,32-14)19(28)31-9-15(26)22(4)5;1-8(20)19-12-10(21)6-16(2,25)27-14(12)13(23)11(22)7-26-15(24)9(18)4-3-5-17;1-8(19)18-12-10(20)6-16(2,24)26-14(12)13(22)11(21)7-25-15(23)9-4-3-5-17-9/h11,13-16,18-19,25-26,28,31H,7-10H2,1-6H3;10-14,16-17,23-25,29H,6-9,21H2,1-5H3;9-14,21-23,25H,3-7,17-18H2,1-2H3,(H,19,20);9-14,17,20-22,24H,3-7H2,1-2H3,(H,18,19)/t;11-,12+,13?,14?,16?,17+,20?;2*9-,10+,11-,12-,13-,14-,16-/m.111/s1. The number of esters is 6. The van der Waals surface area contributed by atoms with Crippen LogP contribution in [0.1, 0.15) is 140 Å². The third kappa shape index (κ3) is 35.3. The highest BCUT2D eigenvalue weighted by molar-refractivity contribution is 5.84. The van der Waals surface area contributed by atoms with E-state index in [0.717, 1.165) is 11.3 Å². The highest BCUT2D eigenvalue weighted by Crippen LogP contribution is 2.39. The van der Waals surface area contributed by atoms with Gasteiger partial charge in [-0.3, -0.25) is 38.4 Å². The first kappa shape index (κ1) is 108. The molecule has 5 aliphatic rings. The third-order valence-electron chi connectivity index (χ3n) is 20.1. The van der Waals surface area contributed by atoms with Gasteiger partial charge in [-0.25, -0.2) is 9.59 Å². The van der Waals surface area contributed by atoms with Gasteiger partial charge in [0.05, 0.1) is 66.8 Å². The zero-order chi connectivity index (χ0) is 91.4. The molecule has 45 nitrogen and oxygen atoms in total. The highest BCUT2D eigenvalue weighted by atomic mass is 16.7. The van der Waals surface area contributed by atoms with Crippen LogP contribution < -0.4 is 33.2 Å². The molecule has 0 aromatic heterocycles. The predicted molar refractivity (Wildman–Crippen MR) is 406 cm³/mol. The van der Waals surface area contributed by atoms with Crippen LogP contribution >= 0.6 is 0 Å². The van der Waals surface area contributed by atoms with Crippen molar-refractivity contribution in [2.45, 2.75) is 291 Å². The summed E-state index contributed by atoms with van der Waals surface area (Å²) in [6.07, 6.45) is -23.1. The van der Waals surface area contributed by atoms with E-state index in [2.05, 4.69) is 16.0 Å². The fourth-order valence-electron chi connectivity index (χ4n) is 12.8. The van der Waals surface area contributed by atoms with Gasteiger partial charge in [0, 0.05) is 92.4 Å². The van der Waals surface area contributed by atoms with Crippen LogP contribution in [0.3, 0.4) is 0 Å². The number of carbonyl (C=O) groups excluding carboxylic acids is 11. The maximum absolute atomic E-state index is 12.5. The number of Topliss-reactive ketones (excluding diaryl/α,β-unsaturated/α-hetero) is 1. The van der Waals surface area contributed by atoms with E-state index >= 15 is 0 Å². The van der Waals surface area contributed by atoms with E-state index in [1.54, 1.807) is 20.8 Å². The van der Waals surface area contributed by atoms with Crippen LogP contribution in [0.15, 0.2) is 0 Å². The summed E-state index contributed by atoms with van der Waals surface area (Å²) in [5, 5.41) is 173. The second-order valence-electron chi connectivity index (χ2n) is 32.0. The molecule has 25 N–H and O–H groups in total. The first-order valence-electron chi connectivity index (χ1n) is 39.1. The molecule has 11 unspecified atom stereocenters. The number of amides is 4. The van der Waals surface area contributed by atoms with Gasteiger partial charge in [0.2, 0.25) is 11.8 Å². The number of nitrogens with two attached hydrogens (primary N) is 3. The Morgan fingerprint density at radius 3 is 1.37 bits per heavy atom. The quantitative estimate of drug-likeness (QED) is 0.0205. The summed E-state index contributed by atoms with van der Waals surface area (Å²) < 4.78 is 51.1. The van der Waals surface area contributed by atoms with E-state index in [-0.39, 0.29) is 43.3 Å². The first-order valence-corrected chi connectivity index (χ1v) is 39.1. The number of aliphatic hydroxyl groups excluding tert-OH is 12. The maximum Gasteiger partial charge on any atom is 0.367 e. The van der Waals surface area contributed by atoms with Crippen LogP contribution in [-0.2, 0) is 100 Å². The van der Waals surface area contributed by atoms with Gasteiger partial charge in [0.15, 0.2) is 24.8 Å². The lowest BCUT2D eigenvalue weighted by Crippen LogP contribution is -2.65. The number of carbonyl (C=O) groups is 11. The van der Waals surface area contributed by atoms with Crippen LogP contribution in [0, 0.1) is 29.6 Å². The summed E-state index contributed by atoms with van der Waals surface area (Å²) in [5.41, 5.74) is 16.7. The van der Waals surface area contributed by atoms with E-state index in [1.165, 1.54) is 74.6 Å². The molecular weight excluding hydrogens is 1590 g/mol. The molecule has 0 aromatic rings. The lowest BCUT2D eigenvalue weighted by Gasteiger charge is -2.45. The second-order valence-corrected chi connectivity index (χ2v) is 32.0. The van der Waals surface area contributed by atoms with Crippen molar-refractivity contribution >= 4 is 65.2 Å². The van der Waals surface area contributed by atoms with Gasteiger partial charge in [-0.15, -0.1) is 0 Å². The molecule has 5 aliphatic heterocycles. The van der Waals surface area contributed by atoms with Crippen molar-refractivity contribution in [3.8, 4) is 0 Å². The molecule has 0 saturated carbocycles. The molecule has 0 spiro atoms. The average Bonchev–Trinajstić information content (AvgIpc) is 0.898. The molecule has 5 heterocycles. The number of nitrogens with one attached hydrogen (secondary N) is 3. The van der Waals surface area contributed by atoms with E-state index < -0.39 is 281 Å². The Kier molecular flexibility index (Phi) is 45.3. The fraction of sp³-hybridized carbons (Fsp3) is 0.851. The van der Waals surface area contributed by atoms with E-state index in [9.17, 15) is 134 Å². The molecule has 0 bridgehead atoms.